The lowest BCUT2D eigenvalue weighted by Gasteiger charge is -2.17. The van der Waals surface area contributed by atoms with Crippen LogP contribution in [0.4, 0.5) is 4.79 Å². The lowest BCUT2D eigenvalue weighted by Crippen LogP contribution is -2.39. The van der Waals surface area contributed by atoms with Crippen molar-refractivity contribution >= 4 is 34.6 Å². The Morgan fingerprint density at radius 2 is 1.97 bits per heavy atom. The number of aromatic nitrogens is 4. The monoisotopic (exact) mass is 498 g/mol. The normalized spacial score (nSPS) is 14.2. The predicted molar refractivity (Wildman–Crippen MR) is 142 cm³/mol. The smallest absolute Gasteiger partial charge is 0.324 e. The Bertz CT molecular complexity index is 1460. The summed E-state index contributed by atoms with van der Waals surface area (Å²) in [4.78, 5) is 31.0. The third kappa shape index (κ3) is 4.49. The van der Waals surface area contributed by atoms with Gasteiger partial charge in [-0.15, -0.1) is 16.8 Å². The summed E-state index contributed by atoms with van der Waals surface area (Å²) >= 11 is 1.28. The summed E-state index contributed by atoms with van der Waals surface area (Å²) in [5, 5.41) is 12.7. The molecule has 3 heterocycles. The molecule has 8 nitrogen and oxygen atoms in total. The number of nitrogens with one attached hydrogen (secondary N) is 1. The van der Waals surface area contributed by atoms with E-state index >= 15 is 0 Å². The molecule has 182 valence electrons. The summed E-state index contributed by atoms with van der Waals surface area (Å²) in [5.41, 5.74) is 4.80. The number of fused-ring (bicyclic) bond motifs is 1. The lowest BCUT2D eigenvalue weighted by molar-refractivity contribution is -0.126. The third-order valence-electron chi connectivity index (χ3n) is 6.09. The number of urea groups is 1. The fraction of sp³-hybridized carbons (Fsp3) is 0.222. The first-order valence-electron chi connectivity index (χ1n) is 11.7. The van der Waals surface area contributed by atoms with Crippen molar-refractivity contribution in [1.82, 2.24) is 30.0 Å². The molecular weight excluding hydrogens is 472 g/mol. The van der Waals surface area contributed by atoms with E-state index in [4.69, 9.17) is 4.98 Å². The lowest BCUT2D eigenvalue weighted by atomic mass is 10.0. The molecule has 1 atom stereocenters. The van der Waals surface area contributed by atoms with Gasteiger partial charge in [0.2, 0.25) is 5.91 Å². The SMILES string of the molecule is C=CCn1c(S[C@H](C)C(=O)N2CCNC2=O)nnc1-c1cc(-c2ccc(C)cc2)nc2ccccc12. The highest BCUT2D eigenvalue weighted by atomic mass is 32.2. The van der Waals surface area contributed by atoms with Crippen molar-refractivity contribution in [3.05, 3.63) is 72.8 Å². The van der Waals surface area contributed by atoms with Crippen molar-refractivity contribution in [1.29, 1.82) is 0 Å². The molecule has 0 unspecified atom stereocenters. The van der Waals surface area contributed by atoms with E-state index < -0.39 is 5.25 Å². The molecule has 1 saturated heterocycles. The van der Waals surface area contributed by atoms with E-state index in [-0.39, 0.29) is 11.9 Å². The minimum Gasteiger partial charge on any atom is -0.336 e. The highest BCUT2D eigenvalue weighted by molar-refractivity contribution is 8.00. The van der Waals surface area contributed by atoms with Crippen LogP contribution in [0.15, 0.2) is 72.4 Å². The van der Waals surface area contributed by atoms with Gasteiger partial charge in [0.15, 0.2) is 11.0 Å². The van der Waals surface area contributed by atoms with Crippen LogP contribution in [0, 0.1) is 6.92 Å². The summed E-state index contributed by atoms with van der Waals surface area (Å²) in [6, 6.07) is 17.9. The quantitative estimate of drug-likeness (QED) is 0.294. The van der Waals surface area contributed by atoms with Gasteiger partial charge in [0, 0.05) is 36.1 Å². The Balaban J connectivity index is 1.56. The maximum absolute atomic E-state index is 12.9. The summed E-state index contributed by atoms with van der Waals surface area (Å²) in [6.07, 6.45) is 1.78. The molecule has 0 bridgehead atoms. The number of nitrogens with zero attached hydrogens (tertiary/aromatic N) is 5. The van der Waals surface area contributed by atoms with Gasteiger partial charge in [0.25, 0.3) is 0 Å². The standard InChI is InChI=1S/C27H26N6O2S/c1-4-14-32-24(30-31-27(32)36-18(3)25(34)33-15-13-28-26(33)35)21-16-23(19-11-9-17(2)10-12-19)29-22-8-6-5-7-20(21)22/h4-12,16,18H,1,13-15H2,2-3H3,(H,28,35)/t18-/m1/s1. The summed E-state index contributed by atoms with van der Waals surface area (Å²) in [6.45, 7) is 9.05. The molecule has 5 rings (SSSR count). The molecule has 2 aromatic carbocycles. The first-order chi connectivity index (χ1) is 17.5. The van der Waals surface area contributed by atoms with Gasteiger partial charge in [-0.25, -0.2) is 9.78 Å². The Morgan fingerprint density at radius 1 is 1.19 bits per heavy atom. The summed E-state index contributed by atoms with van der Waals surface area (Å²) in [5.74, 6) is 0.420. The highest BCUT2D eigenvalue weighted by Crippen LogP contribution is 2.34. The zero-order valence-electron chi connectivity index (χ0n) is 20.1. The van der Waals surface area contributed by atoms with Crippen molar-refractivity contribution in [2.45, 2.75) is 30.8 Å². The largest absolute Gasteiger partial charge is 0.336 e. The minimum atomic E-state index is -0.508. The number of hydrogen-bond donors (Lipinski definition) is 1. The Labute approximate surface area is 213 Å². The van der Waals surface area contributed by atoms with Crippen LogP contribution in [0.25, 0.3) is 33.5 Å². The molecule has 0 aliphatic carbocycles. The topological polar surface area (TPSA) is 93.0 Å². The van der Waals surface area contributed by atoms with Crippen LogP contribution >= 0.6 is 11.8 Å². The first-order valence-corrected chi connectivity index (χ1v) is 12.6. The number of para-hydroxylation sites is 1. The van der Waals surface area contributed by atoms with Gasteiger partial charge in [-0.2, -0.15) is 0 Å². The van der Waals surface area contributed by atoms with Crippen LogP contribution in [0.5, 0.6) is 0 Å². The number of carbonyl (C=O) groups excluding carboxylic acids is 2. The molecule has 3 amide bonds. The zero-order valence-corrected chi connectivity index (χ0v) is 21.0. The molecule has 1 aliphatic rings. The average Bonchev–Trinajstić information content (AvgIpc) is 3.49. The van der Waals surface area contributed by atoms with E-state index in [2.05, 4.69) is 53.3 Å². The molecule has 2 aromatic heterocycles. The number of hydrogen-bond acceptors (Lipinski definition) is 6. The summed E-state index contributed by atoms with van der Waals surface area (Å²) < 4.78 is 1.95. The Morgan fingerprint density at radius 3 is 2.69 bits per heavy atom. The number of rotatable bonds is 7. The molecule has 9 heteroatoms. The van der Waals surface area contributed by atoms with Gasteiger partial charge in [-0.3, -0.25) is 14.3 Å². The van der Waals surface area contributed by atoms with Crippen molar-refractivity contribution < 1.29 is 9.59 Å². The summed E-state index contributed by atoms with van der Waals surface area (Å²) in [7, 11) is 0. The van der Waals surface area contributed by atoms with E-state index in [0.29, 0.717) is 30.6 Å². The molecule has 1 fully saturated rings. The van der Waals surface area contributed by atoms with E-state index in [1.165, 1.54) is 22.2 Å². The number of thioether (sulfide) groups is 1. The van der Waals surface area contributed by atoms with Crippen LogP contribution < -0.4 is 5.32 Å². The van der Waals surface area contributed by atoms with Gasteiger partial charge in [0.1, 0.15) is 0 Å². The fourth-order valence-electron chi connectivity index (χ4n) is 4.21. The second-order valence-electron chi connectivity index (χ2n) is 8.63. The maximum atomic E-state index is 12.9. The van der Waals surface area contributed by atoms with Crippen LogP contribution in [0.2, 0.25) is 0 Å². The second kappa shape index (κ2) is 9.94. The third-order valence-corrected chi connectivity index (χ3v) is 7.15. The second-order valence-corrected chi connectivity index (χ2v) is 9.93. The van der Waals surface area contributed by atoms with Crippen molar-refractivity contribution in [3.8, 4) is 22.6 Å². The molecule has 4 aromatic rings. The number of pyridine rings is 1. The highest BCUT2D eigenvalue weighted by Gasteiger charge is 2.31. The van der Waals surface area contributed by atoms with Crippen molar-refractivity contribution in [3.63, 3.8) is 0 Å². The maximum Gasteiger partial charge on any atom is 0.324 e. The van der Waals surface area contributed by atoms with E-state index in [1.807, 2.05) is 34.9 Å². The minimum absolute atomic E-state index is 0.249. The van der Waals surface area contributed by atoms with Crippen LogP contribution in [0.1, 0.15) is 12.5 Å². The predicted octanol–water partition coefficient (Wildman–Crippen LogP) is 4.69. The van der Waals surface area contributed by atoms with Crippen LogP contribution in [-0.2, 0) is 11.3 Å². The van der Waals surface area contributed by atoms with Crippen molar-refractivity contribution in [2.24, 2.45) is 0 Å². The molecule has 0 radical (unpaired) electrons. The molecule has 0 saturated carbocycles. The van der Waals surface area contributed by atoms with E-state index in [9.17, 15) is 9.59 Å². The molecule has 0 spiro atoms. The van der Waals surface area contributed by atoms with Gasteiger partial charge >= 0.3 is 6.03 Å². The number of aryl methyl sites for hydroxylation is 1. The number of amides is 3. The first kappa shape index (κ1) is 23.7. The number of benzene rings is 2. The average molecular weight is 499 g/mol. The Hall–Kier alpha value is -3.98. The van der Waals surface area contributed by atoms with E-state index in [1.54, 1.807) is 13.0 Å². The van der Waals surface area contributed by atoms with Crippen LogP contribution in [0.3, 0.4) is 0 Å². The molecule has 1 N–H and O–H groups in total. The van der Waals surface area contributed by atoms with Gasteiger partial charge in [-0.1, -0.05) is 65.9 Å². The van der Waals surface area contributed by atoms with E-state index in [0.717, 1.165) is 27.7 Å². The fourth-order valence-corrected chi connectivity index (χ4v) is 5.13. The molecule has 36 heavy (non-hydrogen) atoms. The number of carbonyl (C=O) groups is 2. The number of allylic oxidation sites excluding steroid dienone is 1. The van der Waals surface area contributed by atoms with Crippen molar-refractivity contribution in [2.75, 3.05) is 13.1 Å². The molecular formula is C27H26N6O2S. The van der Waals surface area contributed by atoms with Gasteiger partial charge < -0.3 is 5.32 Å². The van der Waals surface area contributed by atoms with Gasteiger partial charge in [-0.05, 0) is 26.0 Å². The zero-order chi connectivity index (χ0) is 25.2. The molecule has 1 aliphatic heterocycles. The Kier molecular flexibility index (Phi) is 6.56. The number of imide groups is 1. The van der Waals surface area contributed by atoms with Gasteiger partial charge in [0.05, 0.1) is 16.5 Å². The van der Waals surface area contributed by atoms with Crippen LogP contribution in [-0.4, -0.2) is 54.9 Å².